The minimum Gasteiger partial charge on any atom is -0.494 e. The van der Waals surface area contributed by atoms with Crippen molar-refractivity contribution in [2.24, 2.45) is 0 Å². The monoisotopic (exact) mass is 577 g/mol. The molecule has 12 heteroatoms. The third kappa shape index (κ3) is 5.31. The molecule has 41 heavy (non-hydrogen) atoms. The van der Waals surface area contributed by atoms with Gasteiger partial charge in [-0.1, -0.05) is 0 Å². The van der Waals surface area contributed by atoms with Gasteiger partial charge in [0.2, 0.25) is 5.95 Å². The fraction of sp³-hybridized carbons (Fsp3) is 0.517. The summed E-state index contributed by atoms with van der Waals surface area (Å²) in [6, 6.07) is 6.94. The van der Waals surface area contributed by atoms with E-state index in [1.165, 1.54) is 37.3 Å². The van der Waals surface area contributed by atoms with Crippen LogP contribution >= 0.6 is 11.3 Å². The molecule has 0 aliphatic carbocycles. The lowest BCUT2D eigenvalue weighted by atomic mass is 10.0. The number of hydrogen-bond donors (Lipinski definition) is 1. The fourth-order valence-electron chi connectivity index (χ4n) is 6.07. The Balaban J connectivity index is 1.19. The smallest absolute Gasteiger partial charge is 0.280 e. The van der Waals surface area contributed by atoms with Gasteiger partial charge in [0.15, 0.2) is 11.5 Å². The SMILES string of the molecule is CCN1C(=O)c2nc(C)sc2N(C)c2nc(Nc3ccc(N4CCC(N5CCN(C)CC5)CC4)cc3OC)ncc21. The van der Waals surface area contributed by atoms with Crippen LogP contribution < -0.4 is 24.8 Å². The lowest BCUT2D eigenvalue weighted by Gasteiger charge is -2.42. The molecule has 218 valence electrons. The van der Waals surface area contributed by atoms with Crippen LogP contribution in [0.1, 0.15) is 35.3 Å². The van der Waals surface area contributed by atoms with E-state index >= 15 is 0 Å². The van der Waals surface area contributed by atoms with E-state index in [-0.39, 0.29) is 5.91 Å². The summed E-state index contributed by atoms with van der Waals surface area (Å²) >= 11 is 1.49. The van der Waals surface area contributed by atoms with Gasteiger partial charge in [0.25, 0.3) is 5.91 Å². The van der Waals surface area contributed by atoms with Gasteiger partial charge in [-0.15, -0.1) is 11.3 Å². The number of nitrogens with zero attached hydrogens (tertiary/aromatic N) is 8. The van der Waals surface area contributed by atoms with Crippen LogP contribution in [0.4, 0.5) is 33.8 Å². The number of ether oxygens (including phenoxy) is 1. The van der Waals surface area contributed by atoms with E-state index in [4.69, 9.17) is 9.72 Å². The van der Waals surface area contributed by atoms with Crippen LogP contribution in [-0.4, -0.2) is 104 Å². The number of rotatable bonds is 6. The van der Waals surface area contributed by atoms with E-state index in [2.05, 4.69) is 49.2 Å². The van der Waals surface area contributed by atoms with Crippen molar-refractivity contribution in [1.82, 2.24) is 24.8 Å². The van der Waals surface area contributed by atoms with E-state index in [0.717, 1.165) is 53.3 Å². The molecule has 0 saturated carbocycles. The molecule has 1 N–H and O–H groups in total. The first-order valence-electron chi connectivity index (χ1n) is 14.4. The predicted molar refractivity (Wildman–Crippen MR) is 165 cm³/mol. The summed E-state index contributed by atoms with van der Waals surface area (Å²) in [4.78, 5) is 38.4. The predicted octanol–water partition coefficient (Wildman–Crippen LogP) is 3.96. The van der Waals surface area contributed by atoms with Gasteiger partial charge < -0.3 is 29.7 Å². The molecule has 0 radical (unpaired) electrons. The van der Waals surface area contributed by atoms with Gasteiger partial charge in [-0.05, 0) is 45.9 Å². The third-order valence-electron chi connectivity index (χ3n) is 8.46. The molecule has 3 aliphatic heterocycles. The average molecular weight is 578 g/mol. The van der Waals surface area contributed by atoms with Crippen molar-refractivity contribution in [2.75, 3.05) is 87.0 Å². The Labute approximate surface area is 245 Å². The number of fused-ring (bicyclic) bond motifs is 2. The van der Waals surface area contributed by atoms with Gasteiger partial charge in [-0.3, -0.25) is 9.69 Å². The minimum atomic E-state index is -0.133. The van der Waals surface area contributed by atoms with Crippen molar-refractivity contribution in [1.29, 1.82) is 0 Å². The molecule has 0 unspecified atom stereocenters. The molecule has 5 heterocycles. The zero-order valence-electron chi connectivity index (χ0n) is 24.6. The minimum absolute atomic E-state index is 0.133. The number of likely N-dealkylation sites (N-methyl/N-ethyl adjacent to an activating group) is 1. The van der Waals surface area contributed by atoms with Crippen molar-refractivity contribution in [3.63, 3.8) is 0 Å². The maximum atomic E-state index is 13.3. The van der Waals surface area contributed by atoms with Crippen molar-refractivity contribution >= 4 is 51.1 Å². The molecule has 11 nitrogen and oxygen atoms in total. The number of benzene rings is 1. The maximum Gasteiger partial charge on any atom is 0.280 e. The molecule has 3 aromatic rings. The largest absolute Gasteiger partial charge is 0.494 e. The summed E-state index contributed by atoms with van der Waals surface area (Å²) in [5.41, 5.74) is 3.07. The summed E-state index contributed by atoms with van der Waals surface area (Å²) in [6.07, 6.45) is 4.07. The van der Waals surface area contributed by atoms with Crippen LogP contribution in [0.15, 0.2) is 24.4 Å². The van der Waals surface area contributed by atoms with E-state index in [1.54, 1.807) is 18.2 Å². The number of carbonyl (C=O) groups excluding carboxylic acids is 1. The Morgan fingerprint density at radius 3 is 2.54 bits per heavy atom. The number of aryl methyl sites for hydroxylation is 1. The Bertz CT molecular complexity index is 1410. The second-order valence-electron chi connectivity index (χ2n) is 11.0. The highest BCUT2D eigenvalue weighted by molar-refractivity contribution is 7.16. The lowest BCUT2D eigenvalue weighted by molar-refractivity contribution is 0.0982. The van der Waals surface area contributed by atoms with Gasteiger partial charge >= 0.3 is 0 Å². The van der Waals surface area contributed by atoms with E-state index in [0.29, 0.717) is 35.7 Å². The van der Waals surface area contributed by atoms with E-state index in [1.807, 2.05) is 31.9 Å². The van der Waals surface area contributed by atoms with Crippen LogP contribution in [0.3, 0.4) is 0 Å². The molecule has 2 fully saturated rings. The van der Waals surface area contributed by atoms with E-state index in [9.17, 15) is 4.79 Å². The zero-order valence-corrected chi connectivity index (χ0v) is 25.4. The number of piperidine rings is 1. The molecule has 2 aromatic heterocycles. The Morgan fingerprint density at radius 2 is 1.83 bits per heavy atom. The lowest BCUT2D eigenvalue weighted by Crippen LogP contribution is -2.52. The van der Waals surface area contributed by atoms with Crippen molar-refractivity contribution in [2.45, 2.75) is 32.7 Å². The first-order valence-corrected chi connectivity index (χ1v) is 15.2. The highest BCUT2D eigenvalue weighted by Crippen LogP contribution is 2.42. The summed E-state index contributed by atoms with van der Waals surface area (Å²) in [7, 11) is 5.82. The number of nitrogens with one attached hydrogen (secondary N) is 1. The molecule has 2 saturated heterocycles. The number of methoxy groups -OCH3 is 1. The Kier molecular flexibility index (Phi) is 7.71. The highest BCUT2D eigenvalue weighted by Gasteiger charge is 2.33. The van der Waals surface area contributed by atoms with Crippen LogP contribution in [0, 0.1) is 6.92 Å². The topological polar surface area (TPSA) is 93.2 Å². The molecule has 0 atom stereocenters. The number of aromatic nitrogens is 3. The third-order valence-corrected chi connectivity index (χ3v) is 9.51. The van der Waals surface area contributed by atoms with Crippen molar-refractivity contribution in [3.05, 3.63) is 35.1 Å². The molecule has 0 bridgehead atoms. The second kappa shape index (κ2) is 11.4. The number of thiazole rings is 1. The molecular weight excluding hydrogens is 538 g/mol. The number of hydrogen-bond acceptors (Lipinski definition) is 11. The Morgan fingerprint density at radius 1 is 1.07 bits per heavy atom. The second-order valence-corrected chi connectivity index (χ2v) is 12.1. The summed E-state index contributed by atoms with van der Waals surface area (Å²) < 4.78 is 5.80. The van der Waals surface area contributed by atoms with Gasteiger partial charge in [0.1, 0.15) is 16.4 Å². The van der Waals surface area contributed by atoms with Crippen LogP contribution in [-0.2, 0) is 0 Å². The molecule has 3 aliphatic rings. The van der Waals surface area contributed by atoms with E-state index < -0.39 is 0 Å². The standard InChI is InChI=1S/C29H39N9O2S/c1-6-38-23-18-30-29(33-26(23)35(4)28-25(27(38)39)31-19(2)41-28)32-22-8-7-21(17-24(22)40-5)36-11-9-20(10-12-36)37-15-13-34(3)14-16-37/h7-8,17-18,20H,6,9-16H2,1-5H3,(H,30,32,33). The fourth-order valence-corrected chi connectivity index (χ4v) is 6.94. The Hall–Kier alpha value is -3.48. The number of amides is 1. The zero-order chi connectivity index (χ0) is 28.7. The highest BCUT2D eigenvalue weighted by atomic mass is 32.1. The number of carbonyl (C=O) groups is 1. The van der Waals surface area contributed by atoms with Crippen molar-refractivity contribution in [3.8, 4) is 5.75 Å². The molecule has 1 aromatic carbocycles. The van der Waals surface area contributed by atoms with Crippen molar-refractivity contribution < 1.29 is 9.53 Å². The van der Waals surface area contributed by atoms with Crippen LogP contribution in [0.25, 0.3) is 0 Å². The first kappa shape index (κ1) is 27.7. The quantitative estimate of drug-likeness (QED) is 0.464. The molecule has 6 rings (SSSR count). The summed E-state index contributed by atoms with van der Waals surface area (Å²) in [6.45, 7) is 11.1. The summed E-state index contributed by atoms with van der Waals surface area (Å²) in [5, 5.41) is 4.98. The van der Waals surface area contributed by atoms with Gasteiger partial charge in [0, 0.05) is 70.7 Å². The summed E-state index contributed by atoms with van der Waals surface area (Å²) in [5.74, 6) is 1.69. The average Bonchev–Trinajstić information content (AvgIpc) is 3.37. The van der Waals surface area contributed by atoms with Crippen LogP contribution in [0.2, 0.25) is 0 Å². The van der Waals surface area contributed by atoms with Gasteiger partial charge in [-0.25, -0.2) is 9.97 Å². The molecule has 0 spiro atoms. The van der Waals surface area contributed by atoms with Gasteiger partial charge in [0.05, 0.1) is 24.0 Å². The maximum absolute atomic E-state index is 13.3. The number of piperazine rings is 1. The number of anilines is 6. The normalized spacial score (nSPS) is 18.8. The first-order chi connectivity index (χ1) is 19.9. The van der Waals surface area contributed by atoms with Gasteiger partial charge in [-0.2, -0.15) is 4.98 Å². The van der Waals surface area contributed by atoms with Crippen LogP contribution in [0.5, 0.6) is 5.75 Å². The molecular formula is C29H39N9O2S. The molecule has 1 amide bonds.